The minimum atomic E-state index is -1.06. The first-order valence-electron chi connectivity index (χ1n) is 5.04. The van der Waals surface area contributed by atoms with Crippen LogP contribution in [0.4, 0.5) is 0 Å². The van der Waals surface area contributed by atoms with Crippen molar-refractivity contribution in [2.75, 3.05) is 13.2 Å². The van der Waals surface area contributed by atoms with Gasteiger partial charge in [0.2, 0.25) is 5.91 Å². The molecule has 0 spiro atoms. The zero-order valence-corrected chi connectivity index (χ0v) is 9.45. The average Bonchev–Trinajstić information content (AvgIpc) is 2.13. The summed E-state index contributed by atoms with van der Waals surface area (Å²) in [4.78, 5) is 21.5. The summed E-state index contributed by atoms with van der Waals surface area (Å²) in [6, 6.07) is 0. The number of aliphatic carboxylic acids is 1. The largest absolute Gasteiger partial charge is 0.479 e. The molecule has 0 aliphatic rings. The van der Waals surface area contributed by atoms with E-state index in [-0.39, 0.29) is 12.5 Å². The first-order chi connectivity index (χ1) is 6.93. The Bertz CT molecular complexity index is 215. The summed E-state index contributed by atoms with van der Waals surface area (Å²) in [7, 11) is 0. The number of carbonyl (C=O) groups is 2. The van der Waals surface area contributed by atoms with Gasteiger partial charge in [-0.25, -0.2) is 4.79 Å². The van der Waals surface area contributed by atoms with Gasteiger partial charge in [-0.15, -0.1) is 0 Å². The zero-order valence-electron chi connectivity index (χ0n) is 9.45. The molecule has 0 aromatic rings. The van der Waals surface area contributed by atoms with Crippen LogP contribution >= 0.6 is 0 Å². The van der Waals surface area contributed by atoms with Crippen molar-refractivity contribution in [3.05, 3.63) is 0 Å². The van der Waals surface area contributed by atoms with E-state index in [2.05, 4.69) is 19.2 Å². The van der Waals surface area contributed by atoms with Crippen LogP contribution in [0.2, 0.25) is 0 Å². The van der Waals surface area contributed by atoms with Crippen LogP contribution in [0, 0.1) is 5.92 Å². The van der Waals surface area contributed by atoms with Gasteiger partial charge in [0.05, 0.1) is 0 Å². The van der Waals surface area contributed by atoms with Gasteiger partial charge < -0.3 is 15.2 Å². The molecule has 0 radical (unpaired) electrons. The molecule has 0 bridgehead atoms. The van der Waals surface area contributed by atoms with E-state index < -0.39 is 12.1 Å². The topological polar surface area (TPSA) is 75.6 Å². The first kappa shape index (κ1) is 13.9. The van der Waals surface area contributed by atoms with Crippen LogP contribution < -0.4 is 5.32 Å². The third kappa shape index (κ3) is 7.93. The summed E-state index contributed by atoms with van der Waals surface area (Å²) in [5, 5.41) is 11.1. The molecule has 0 aliphatic heterocycles. The van der Waals surface area contributed by atoms with Crippen LogP contribution in [-0.4, -0.2) is 36.2 Å². The molecule has 88 valence electrons. The predicted octanol–water partition coefficient (Wildman–Crippen LogP) is 0.638. The van der Waals surface area contributed by atoms with Crippen molar-refractivity contribution in [3.8, 4) is 0 Å². The molecule has 0 heterocycles. The molecule has 0 saturated carbocycles. The van der Waals surface area contributed by atoms with Crippen molar-refractivity contribution in [2.24, 2.45) is 5.92 Å². The van der Waals surface area contributed by atoms with Crippen LogP contribution in [0.1, 0.15) is 27.2 Å². The summed E-state index contributed by atoms with van der Waals surface area (Å²) in [6.07, 6.45) is -0.0407. The minimum absolute atomic E-state index is 0.203. The van der Waals surface area contributed by atoms with E-state index in [1.807, 2.05) is 0 Å². The maximum atomic E-state index is 11.1. The monoisotopic (exact) mass is 217 g/mol. The normalized spacial score (nSPS) is 12.5. The lowest BCUT2D eigenvalue weighted by Crippen LogP contribution is -2.32. The van der Waals surface area contributed by atoms with Crippen molar-refractivity contribution in [1.29, 1.82) is 0 Å². The summed E-state index contributed by atoms with van der Waals surface area (Å²) in [5.74, 6) is -0.808. The number of rotatable bonds is 7. The van der Waals surface area contributed by atoms with Crippen molar-refractivity contribution in [1.82, 2.24) is 5.32 Å². The molecule has 0 aliphatic carbocycles. The van der Waals surface area contributed by atoms with Crippen molar-refractivity contribution in [2.45, 2.75) is 33.3 Å². The predicted molar refractivity (Wildman–Crippen MR) is 55.5 cm³/mol. The Balaban J connectivity index is 3.53. The third-order valence-corrected chi connectivity index (χ3v) is 1.86. The maximum absolute atomic E-state index is 11.1. The summed E-state index contributed by atoms with van der Waals surface area (Å²) in [6.45, 7) is 5.92. The van der Waals surface area contributed by atoms with Crippen LogP contribution in [0.15, 0.2) is 0 Å². The molecule has 5 heteroatoms. The molecule has 0 aromatic heterocycles. The molecule has 2 N–H and O–H groups in total. The van der Waals surface area contributed by atoms with E-state index in [1.54, 1.807) is 0 Å². The van der Waals surface area contributed by atoms with E-state index in [4.69, 9.17) is 9.84 Å². The number of carbonyl (C=O) groups excluding carboxylic acids is 1. The van der Waals surface area contributed by atoms with Crippen LogP contribution in [0.3, 0.4) is 0 Å². The highest BCUT2D eigenvalue weighted by molar-refractivity contribution is 5.78. The van der Waals surface area contributed by atoms with Gasteiger partial charge >= 0.3 is 5.97 Å². The van der Waals surface area contributed by atoms with E-state index in [0.29, 0.717) is 12.5 Å². The second-order valence-corrected chi connectivity index (χ2v) is 3.82. The maximum Gasteiger partial charge on any atom is 0.332 e. The summed E-state index contributed by atoms with van der Waals surface area (Å²) >= 11 is 0. The van der Waals surface area contributed by atoms with Gasteiger partial charge in [0, 0.05) is 6.54 Å². The van der Waals surface area contributed by atoms with Crippen molar-refractivity contribution in [3.63, 3.8) is 0 Å². The number of hydrogen-bond donors (Lipinski definition) is 2. The molecule has 0 saturated heterocycles. The Labute approximate surface area is 89.8 Å². The van der Waals surface area contributed by atoms with E-state index >= 15 is 0 Å². The fourth-order valence-electron chi connectivity index (χ4n) is 0.823. The Morgan fingerprint density at radius 2 is 1.93 bits per heavy atom. The first-order valence-corrected chi connectivity index (χ1v) is 5.04. The van der Waals surface area contributed by atoms with Gasteiger partial charge in [-0.2, -0.15) is 0 Å². The Hall–Kier alpha value is -1.10. The SMILES string of the molecule is CC(C)CCNC(=O)CO[C@H](C)C(=O)O. The molecule has 0 aromatic carbocycles. The van der Waals surface area contributed by atoms with Gasteiger partial charge in [0.25, 0.3) is 0 Å². The molecular formula is C10H19NO4. The van der Waals surface area contributed by atoms with Crippen LogP contribution in [0.5, 0.6) is 0 Å². The van der Waals surface area contributed by atoms with E-state index in [9.17, 15) is 9.59 Å². The highest BCUT2D eigenvalue weighted by Crippen LogP contribution is 1.96. The number of carboxylic acids is 1. The lowest BCUT2D eigenvalue weighted by Gasteiger charge is -2.09. The Kier molecular flexibility index (Phi) is 6.70. The number of nitrogens with one attached hydrogen (secondary N) is 1. The minimum Gasteiger partial charge on any atom is -0.479 e. The molecule has 15 heavy (non-hydrogen) atoms. The molecule has 1 amide bonds. The quantitative estimate of drug-likeness (QED) is 0.656. The Morgan fingerprint density at radius 3 is 2.40 bits per heavy atom. The number of hydrogen-bond acceptors (Lipinski definition) is 3. The van der Waals surface area contributed by atoms with E-state index in [1.165, 1.54) is 6.92 Å². The van der Waals surface area contributed by atoms with Crippen molar-refractivity contribution >= 4 is 11.9 Å². The van der Waals surface area contributed by atoms with Crippen LogP contribution in [0.25, 0.3) is 0 Å². The van der Waals surface area contributed by atoms with Gasteiger partial charge in [-0.05, 0) is 19.3 Å². The highest BCUT2D eigenvalue weighted by Gasteiger charge is 2.12. The third-order valence-electron chi connectivity index (χ3n) is 1.86. The Morgan fingerprint density at radius 1 is 1.33 bits per heavy atom. The average molecular weight is 217 g/mol. The fraction of sp³-hybridized carbons (Fsp3) is 0.800. The van der Waals surface area contributed by atoms with E-state index in [0.717, 1.165) is 6.42 Å². The van der Waals surface area contributed by atoms with Crippen molar-refractivity contribution < 1.29 is 19.4 Å². The molecule has 5 nitrogen and oxygen atoms in total. The molecule has 0 fully saturated rings. The summed E-state index contributed by atoms with van der Waals surface area (Å²) < 4.78 is 4.81. The smallest absolute Gasteiger partial charge is 0.332 e. The second kappa shape index (κ2) is 7.23. The number of amides is 1. The molecular weight excluding hydrogens is 198 g/mol. The second-order valence-electron chi connectivity index (χ2n) is 3.82. The van der Waals surface area contributed by atoms with Crippen LogP contribution in [-0.2, 0) is 14.3 Å². The lowest BCUT2D eigenvalue weighted by atomic mass is 10.1. The molecule has 1 atom stereocenters. The molecule has 0 unspecified atom stereocenters. The lowest BCUT2D eigenvalue weighted by molar-refractivity contribution is -0.150. The van der Waals surface area contributed by atoms with Gasteiger partial charge in [-0.1, -0.05) is 13.8 Å². The molecule has 0 rings (SSSR count). The highest BCUT2D eigenvalue weighted by atomic mass is 16.5. The van der Waals surface area contributed by atoms with Gasteiger partial charge in [0.15, 0.2) is 6.10 Å². The summed E-state index contributed by atoms with van der Waals surface area (Å²) in [5.41, 5.74) is 0. The fourth-order valence-corrected chi connectivity index (χ4v) is 0.823. The van der Waals surface area contributed by atoms with Gasteiger partial charge in [0.1, 0.15) is 6.61 Å². The van der Waals surface area contributed by atoms with Gasteiger partial charge in [-0.3, -0.25) is 4.79 Å². The number of carboxylic acid groups (broad SMARTS) is 1. The standard InChI is InChI=1S/C10H19NO4/c1-7(2)4-5-11-9(12)6-15-8(3)10(13)14/h7-8H,4-6H2,1-3H3,(H,11,12)(H,13,14)/t8-/m1/s1. The number of ether oxygens (including phenoxy) is 1. The zero-order chi connectivity index (χ0) is 11.8.